The van der Waals surface area contributed by atoms with Crippen LogP contribution in [-0.4, -0.2) is 51.1 Å². The first kappa shape index (κ1) is 15.8. The van der Waals surface area contributed by atoms with Gasteiger partial charge in [-0.05, 0) is 51.0 Å². The molecule has 2 rings (SSSR count). The van der Waals surface area contributed by atoms with Crippen LogP contribution in [-0.2, 0) is 4.79 Å². The van der Waals surface area contributed by atoms with Crippen LogP contribution < -0.4 is 15.4 Å². The number of hydrogen-bond donors (Lipinski definition) is 2. The molecule has 0 bridgehead atoms. The molecule has 1 aromatic rings. The summed E-state index contributed by atoms with van der Waals surface area (Å²) in [5.41, 5.74) is 0.781. The van der Waals surface area contributed by atoms with Gasteiger partial charge in [-0.15, -0.1) is 0 Å². The van der Waals surface area contributed by atoms with E-state index in [1.165, 1.54) is 12.8 Å². The number of ether oxygens (including phenoxy) is 1. The molecule has 0 aliphatic carbocycles. The predicted octanol–water partition coefficient (Wildman–Crippen LogP) is 1.57. The van der Waals surface area contributed by atoms with Gasteiger partial charge in [0.1, 0.15) is 5.75 Å². The Morgan fingerprint density at radius 3 is 3.10 bits per heavy atom. The van der Waals surface area contributed by atoms with E-state index in [2.05, 4.69) is 15.5 Å². The number of carbonyl (C=O) groups excluding carboxylic acids is 1. The Morgan fingerprint density at radius 1 is 1.48 bits per heavy atom. The minimum atomic E-state index is 0.0355. The smallest absolute Gasteiger partial charge is 0.238 e. The van der Waals surface area contributed by atoms with Gasteiger partial charge in [0, 0.05) is 18.3 Å². The maximum absolute atomic E-state index is 12.1. The highest BCUT2D eigenvalue weighted by Crippen LogP contribution is 2.18. The molecule has 0 saturated carbocycles. The Kier molecular flexibility index (Phi) is 6.02. The lowest BCUT2D eigenvalue weighted by Crippen LogP contribution is -2.42. The van der Waals surface area contributed by atoms with Crippen molar-refractivity contribution >= 4 is 11.6 Å². The van der Waals surface area contributed by atoms with Crippen molar-refractivity contribution in [1.29, 1.82) is 0 Å². The predicted molar refractivity (Wildman–Crippen MR) is 84.7 cm³/mol. The molecule has 1 atom stereocenters. The Labute approximate surface area is 126 Å². The van der Waals surface area contributed by atoms with Crippen molar-refractivity contribution in [2.24, 2.45) is 5.92 Å². The summed E-state index contributed by atoms with van der Waals surface area (Å²) in [6.07, 6.45) is 2.41. The number of nitrogens with one attached hydrogen (secondary N) is 2. The van der Waals surface area contributed by atoms with Crippen LogP contribution in [0.15, 0.2) is 24.3 Å². The topological polar surface area (TPSA) is 53.6 Å². The largest absolute Gasteiger partial charge is 0.497 e. The first-order valence-corrected chi connectivity index (χ1v) is 7.52. The van der Waals surface area contributed by atoms with Crippen LogP contribution in [0.1, 0.15) is 12.8 Å². The summed E-state index contributed by atoms with van der Waals surface area (Å²) < 4.78 is 5.16. The molecule has 2 N–H and O–H groups in total. The second-order valence-corrected chi connectivity index (χ2v) is 5.58. The third-order valence-electron chi connectivity index (χ3n) is 3.82. The normalized spacial score (nSPS) is 19.2. The van der Waals surface area contributed by atoms with E-state index in [0.717, 1.165) is 31.1 Å². The number of benzene rings is 1. The monoisotopic (exact) mass is 291 g/mol. The Hall–Kier alpha value is -1.59. The van der Waals surface area contributed by atoms with Crippen molar-refractivity contribution in [1.82, 2.24) is 10.2 Å². The minimum absolute atomic E-state index is 0.0355. The highest BCUT2D eigenvalue weighted by molar-refractivity contribution is 5.92. The average Bonchev–Trinajstić information content (AvgIpc) is 2.48. The van der Waals surface area contributed by atoms with Gasteiger partial charge in [0.15, 0.2) is 0 Å². The zero-order chi connectivity index (χ0) is 15.1. The van der Waals surface area contributed by atoms with Gasteiger partial charge in [0.2, 0.25) is 5.91 Å². The van der Waals surface area contributed by atoms with E-state index in [4.69, 9.17) is 4.74 Å². The van der Waals surface area contributed by atoms with Crippen LogP contribution in [0.25, 0.3) is 0 Å². The van der Waals surface area contributed by atoms with Gasteiger partial charge in [-0.2, -0.15) is 0 Å². The number of nitrogens with zero attached hydrogens (tertiary/aromatic N) is 1. The summed E-state index contributed by atoms with van der Waals surface area (Å²) >= 11 is 0. The first-order valence-electron chi connectivity index (χ1n) is 7.52. The number of methoxy groups -OCH3 is 1. The fourth-order valence-electron chi connectivity index (χ4n) is 2.85. The van der Waals surface area contributed by atoms with Crippen LogP contribution in [0.5, 0.6) is 5.75 Å². The minimum Gasteiger partial charge on any atom is -0.497 e. The van der Waals surface area contributed by atoms with E-state index in [0.29, 0.717) is 12.5 Å². The molecule has 5 nitrogen and oxygen atoms in total. The molecule has 21 heavy (non-hydrogen) atoms. The lowest BCUT2D eigenvalue weighted by Gasteiger charge is -2.32. The molecule has 1 saturated heterocycles. The third kappa shape index (κ3) is 5.02. The zero-order valence-corrected chi connectivity index (χ0v) is 12.9. The Bertz CT molecular complexity index is 463. The Balaban J connectivity index is 1.83. The molecule has 0 aromatic heterocycles. The van der Waals surface area contributed by atoms with Crippen LogP contribution >= 0.6 is 0 Å². The summed E-state index contributed by atoms with van der Waals surface area (Å²) in [4.78, 5) is 14.4. The van der Waals surface area contributed by atoms with Crippen LogP contribution in [0.4, 0.5) is 5.69 Å². The van der Waals surface area contributed by atoms with E-state index in [-0.39, 0.29) is 5.91 Å². The maximum atomic E-state index is 12.1. The summed E-state index contributed by atoms with van der Waals surface area (Å²) in [6, 6.07) is 7.44. The summed E-state index contributed by atoms with van der Waals surface area (Å²) in [7, 11) is 3.60. The van der Waals surface area contributed by atoms with E-state index in [1.54, 1.807) is 7.11 Å². The number of carbonyl (C=O) groups is 1. The molecule has 1 aliphatic heterocycles. The van der Waals surface area contributed by atoms with E-state index >= 15 is 0 Å². The van der Waals surface area contributed by atoms with Crippen LogP contribution in [0, 0.1) is 5.92 Å². The van der Waals surface area contributed by atoms with E-state index in [9.17, 15) is 4.79 Å². The number of anilines is 1. The highest BCUT2D eigenvalue weighted by atomic mass is 16.5. The summed E-state index contributed by atoms with van der Waals surface area (Å²) in [6.45, 7) is 3.48. The molecule has 1 amide bonds. The molecule has 116 valence electrons. The van der Waals surface area contributed by atoms with Crippen LogP contribution in [0.2, 0.25) is 0 Å². The van der Waals surface area contributed by atoms with Gasteiger partial charge in [-0.25, -0.2) is 0 Å². The molecule has 1 aliphatic rings. The molecule has 1 unspecified atom stereocenters. The van der Waals surface area contributed by atoms with Crippen molar-refractivity contribution < 1.29 is 9.53 Å². The molecular formula is C16H25N3O2. The lowest BCUT2D eigenvalue weighted by atomic mass is 9.98. The number of likely N-dealkylation sites (tertiary alicyclic amines) is 1. The number of amides is 1. The molecule has 0 spiro atoms. The number of piperidine rings is 1. The lowest BCUT2D eigenvalue weighted by molar-refractivity contribution is -0.117. The third-order valence-corrected chi connectivity index (χ3v) is 3.82. The van der Waals surface area contributed by atoms with Crippen LogP contribution in [0.3, 0.4) is 0 Å². The molecule has 5 heteroatoms. The van der Waals surface area contributed by atoms with Crippen molar-refractivity contribution in [3.63, 3.8) is 0 Å². The van der Waals surface area contributed by atoms with Crippen molar-refractivity contribution in [3.05, 3.63) is 24.3 Å². The first-order chi connectivity index (χ1) is 10.2. The molecule has 1 fully saturated rings. The standard InChI is InChI=1S/C16H25N3O2/c1-17-10-13-5-4-8-19(11-13)12-16(20)18-14-6-3-7-15(9-14)21-2/h3,6-7,9,13,17H,4-5,8,10-12H2,1-2H3,(H,18,20). The number of hydrogen-bond acceptors (Lipinski definition) is 4. The molecule has 1 heterocycles. The van der Waals surface area contributed by atoms with Crippen molar-refractivity contribution in [2.45, 2.75) is 12.8 Å². The van der Waals surface area contributed by atoms with E-state index < -0.39 is 0 Å². The van der Waals surface area contributed by atoms with Gasteiger partial charge in [-0.3, -0.25) is 9.69 Å². The summed E-state index contributed by atoms with van der Waals surface area (Å²) in [5, 5.41) is 6.16. The molecular weight excluding hydrogens is 266 g/mol. The van der Waals surface area contributed by atoms with Gasteiger partial charge >= 0.3 is 0 Å². The van der Waals surface area contributed by atoms with Gasteiger partial charge in [0.25, 0.3) is 0 Å². The SMILES string of the molecule is CNCC1CCCN(CC(=O)Nc2cccc(OC)c2)C1. The number of rotatable bonds is 6. The second-order valence-electron chi connectivity index (χ2n) is 5.58. The van der Waals surface area contributed by atoms with Crippen molar-refractivity contribution in [2.75, 3.05) is 45.7 Å². The van der Waals surface area contributed by atoms with Gasteiger partial charge < -0.3 is 15.4 Å². The molecule has 1 aromatic carbocycles. The molecule has 0 radical (unpaired) electrons. The quantitative estimate of drug-likeness (QED) is 0.835. The van der Waals surface area contributed by atoms with E-state index in [1.807, 2.05) is 31.3 Å². The highest BCUT2D eigenvalue weighted by Gasteiger charge is 2.21. The fraction of sp³-hybridized carbons (Fsp3) is 0.562. The Morgan fingerprint density at radius 2 is 2.33 bits per heavy atom. The van der Waals surface area contributed by atoms with Gasteiger partial charge in [0.05, 0.1) is 13.7 Å². The zero-order valence-electron chi connectivity index (χ0n) is 12.9. The second kappa shape index (κ2) is 8.00. The fourth-order valence-corrected chi connectivity index (χ4v) is 2.85. The van der Waals surface area contributed by atoms with Gasteiger partial charge in [-0.1, -0.05) is 6.07 Å². The maximum Gasteiger partial charge on any atom is 0.238 e. The summed E-state index contributed by atoms with van der Waals surface area (Å²) in [5.74, 6) is 1.43. The average molecular weight is 291 g/mol. The van der Waals surface area contributed by atoms with Crippen molar-refractivity contribution in [3.8, 4) is 5.75 Å².